The third-order valence-electron chi connectivity index (χ3n) is 5.61. The minimum atomic E-state index is -0.543. The van der Waals surface area contributed by atoms with E-state index in [9.17, 15) is 9.90 Å². The Balaban J connectivity index is 1.43. The fraction of sp³-hybridized carbons (Fsp3) is 0.500. The first kappa shape index (κ1) is 17.9. The number of likely N-dealkylation sites (tertiary alicyclic amines) is 1. The van der Waals surface area contributed by atoms with Crippen molar-refractivity contribution in [3.8, 4) is 5.75 Å². The summed E-state index contributed by atoms with van der Waals surface area (Å²) in [5.74, 6) is 1.23. The molecule has 0 spiro atoms. The van der Waals surface area contributed by atoms with Gasteiger partial charge in [0, 0.05) is 31.2 Å². The summed E-state index contributed by atoms with van der Waals surface area (Å²) >= 11 is 0. The molecule has 2 aliphatic rings. The Morgan fingerprint density at radius 3 is 2.67 bits per heavy atom. The molecule has 4 rings (SSSR count). The van der Waals surface area contributed by atoms with Crippen molar-refractivity contribution in [2.45, 2.75) is 38.9 Å². The molecule has 1 saturated heterocycles. The van der Waals surface area contributed by atoms with Gasteiger partial charge in [-0.1, -0.05) is 0 Å². The van der Waals surface area contributed by atoms with Gasteiger partial charge in [0.1, 0.15) is 17.5 Å². The summed E-state index contributed by atoms with van der Waals surface area (Å²) in [7, 11) is 0. The van der Waals surface area contributed by atoms with Gasteiger partial charge in [-0.15, -0.1) is 0 Å². The maximum Gasteiger partial charge on any atom is 0.274 e. The highest BCUT2D eigenvalue weighted by Crippen LogP contribution is 2.38. The number of amides is 1. The van der Waals surface area contributed by atoms with Crippen molar-refractivity contribution in [2.75, 3.05) is 13.1 Å². The standard InChI is InChI=1S/C20H24N4O3/c1-12-3-4-18(13(2)23-12)27-19-8-15-11-24(10-14(15)7-17(19)25)20(26)16-9-21-5-6-22-16/h3-6,9,14-15,17,19,25H,7-8,10-11H2,1-2H3/t14-,15+,17+,19+/m0/s1. The van der Waals surface area contributed by atoms with Gasteiger partial charge in [0.25, 0.3) is 5.91 Å². The van der Waals surface area contributed by atoms with Crippen molar-refractivity contribution in [2.24, 2.45) is 11.8 Å². The molecule has 7 nitrogen and oxygen atoms in total. The van der Waals surface area contributed by atoms with Crippen molar-refractivity contribution < 1.29 is 14.6 Å². The van der Waals surface area contributed by atoms with E-state index in [-0.39, 0.29) is 17.9 Å². The lowest BCUT2D eigenvalue weighted by Crippen LogP contribution is -2.42. The molecule has 1 saturated carbocycles. The van der Waals surface area contributed by atoms with Crippen LogP contribution in [0.5, 0.6) is 5.75 Å². The molecule has 3 heterocycles. The van der Waals surface area contributed by atoms with Crippen LogP contribution in [0.3, 0.4) is 0 Å². The van der Waals surface area contributed by atoms with Gasteiger partial charge in [-0.25, -0.2) is 4.98 Å². The van der Waals surface area contributed by atoms with Crippen LogP contribution in [-0.2, 0) is 0 Å². The van der Waals surface area contributed by atoms with Crippen LogP contribution in [-0.4, -0.2) is 56.2 Å². The second kappa shape index (κ2) is 7.23. The summed E-state index contributed by atoms with van der Waals surface area (Å²) in [6, 6.07) is 3.83. The first-order chi connectivity index (χ1) is 13.0. The topological polar surface area (TPSA) is 88.4 Å². The fourth-order valence-corrected chi connectivity index (χ4v) is 4.22. The molecule has 1 N–H and O–H groups in total. The van der Waals surface area contributed by atoms with Crippen LogP contribution < -0.4 is 4.74 Å². The molecule has 2 aromatic rings. The molecule has 142 valence electrons. The highest BCUT2D eigenvalue weighted by Gasteiger charge is 2.44. The highest BCUT2D eigenvalue weighted by atomic mass is 16.5. The SMILES string of the molecule is Cc1ccc(O[C@@H]2C[C@@H]3CN(C(=O)c4cnccn4)C[C@@H]3C[C@H]2O)c(C)n1. The van der Waals surface area contributed by atoms with E-state index in [2.05, 4.69) is 15.0 Å². The number of aliphatic hydroxyl groups excluding tert-OH is 1. The van der Waals surface area contributed by atoms with Gasteiger partial charge in [-0.3, -0.25) is 14.8 Å². The van der Waals surface area contributed by atoms with Gasteiger partial charge in [0.05, 0.1) is 18.0 Å². The van der Waals surface area contributed by atoms with E-state index in [0.717, 1.165) is 17.8 Å². The summed E-state index contributed by atoms with van der Waals surface area (Å²) in [4.78, 5) is 27.0. The molecule has 4 atom stereocenters. The summed E-state index contributed by atoms with van der Waals surface area (Å²) in [6.45, 7) is 5.17. The lowest BCUT2D eigenvalue weighted by molar-refractivity contribution is -0.0236. The second-order valence-electron chi connectivity index (χ2n) is 7.55. The van der Waals surface area contributed by atoms with E-state index in [1.807, 2.05) is 30.9 Å². The Kier molecular flexibility index (Phi) is 4.78. The highest BCUT2D eigenvalue weighted by molar-refractivity contribution is 5.92. The first-order valence-corrected chi connectivity index (χ1v) is 9.35. The zero-order chi connectivity index (χ0) is 19.0. The number of carbonyl (C=O) groups is 1. The minimum Gasteiger partial charge on any atom is -0.486 e. The Bertz CT molecular complexity index is 829. The van der Waals surface area contributed by atoms with Crippen molar-refractivity contribution in [3.05, 3.63) is 47.8 Å². The number of ether oxygens (including phenoxy) is 1. The average molecular weight is 368 g/mol. The fourth-order valence-electron chi connectivity index (χ4n) is 4.22. The van der Waals surface area contributed by atoms with Crippen LogP contribution in [0.25, 0.3) is 0 Å². The summed E-state index contributed by atoms with van der Waals surface area (Å²) in [6.07, 6.45) is 5.13. The quantitative estimate of drug-likeness (QED) is 0.888. The predicted molar refractivity (Wildman–Crippen MR) is 98.3 cm³/mol. The van der Waals surface area contributed by atoms with E-state index in [1.165, 1.54) is 12.4 Å². The zero-order valence-corrected chi connectivity index (χ0v) is 15.6. The molecule has 2 fully saturated rings. The van der Waals surface area contributed by atoms with Crippen LogP contribution in [0.4, 0.5) is 0 Å². The van der Waals surface area contributed by atoms with Crippen LogP contribution >= 0.6 is 0 Å². The average Bonchev–Trinajstić information content (AvgIpc) is 3.07. The molecular formula is C20H24N4O3. The van der Waals surface area contributed by atoms with E-state index < -0.39 is 6.10 Å². The van der Waals surface area contributed by atoms with E-state index in [4.69, 9.17) is 4.74 Å². The maximum absolute atomic E-state index is 12.6. The van der Waals surface area contributed by atoms with Gasteiger partial charge >= 0.3 is 0 Å². The Labute approximate surface area is 158 Å². The summed E-state index contributed by atoms with van der Waals surface area (Å²) in [5.41, 5.74) is 2.14. The smallest absolute Gasteiger partial charge is 0.274 e. The van der Waals surface area contributed by atoms with Crippen LogP contribution in [0.15, 0.2) is 30.7 Å². The number of rotatable bonds is 3. The molecule has 0 radical (unpaired) electrons. The predicted octanol–water partition coefficient (Wildman–Crippen LogP) is 1.78. The normalized spacial score (nSPS) is 27.3. The van der Waals surface area contributed by atoms with Crippen LogP contribution in [0, 0.1) is 25.7 Å². The Hall–Kier alpha value is -2.54. The zero-order valence-electron chi connectivity index (χ0n) is 15.6. The molecule has 1 amide bonds. The van der Waals surface area contributed by atoms with E-state index in [1.54, 1.807) is 6.20 Å². The molecule has 27 heavy (non-hydrogen) atoms. The molecule has 0 aromatic carbocycles. The van der Waals surface area contributed by atoms with Gasteiger partial charge in [-0.05, 0) is 50.7 Å². The van der Waals surface area contributed by atoms with E-state index in [0.29, 0.717) is 36.9 Å². The number of carbonyl (C=O) groups excluding carboxylic acids is 1. The molecule has 0 bridgehead atoms. The van der Waals surface area contributed by atoms with Crippen LogP contribution in [0.2, 0.25) is 0 Å². The number of hydrogen-bond acceptors (Lipinski definition) is 6. The monoisotopic (exact) mass is 368 g/mol. The summed E-state index contributed by atoms with van der Waals surface area (Å²) in [5, 5.41) is 10.6. The maximum atomic E-state index is 12.6. The number of fused-ring (bicyclic) bond motifs is 1. The number of hydrogen-bond donors (Lipinski definition) is 1. The minimum absolute atomic E-state index is 0.0944. The van der Waals surface area contributed by atoms with Crippen molar-refractivity contribution in [3.63, 3.8) is 0 Å². The van der Waals surface area contributed by atoms with Crippen LogP contribution in [0.1, 0.15) is 34.7 Å². The molecule has 1 aliphatic carbocycles. The lowest BCUT2D eigenvalue weighted by Gasteiger charge is -2.35. The van der Waals surface area contributed by atoms with E-state index >= 15 is 0 Å². The molecule has 7 heteroatoms. The number of aryl methyl sites for hydroxylation is 2. The van der Waals surface area contributed by atoms with Crippen molar-refractivity contribution in [1.82, 2.24) is 19.9 Å². The second-order valence-corrected chi connectivity index (χ2v) is 7.55. The molecule has 0 unspecified atom stereocenters. The Morgan fingerprint density at radius 1 is 1.19 bits per heavy atom. The third kappa shape index (κ3) is 3.64. The van der Waals surface area contributed by atoms with Crippen molar-refractivity contribution >= 4 is 5.91 Å². The summed E-state index contributed by atoms with van der Waals surface area (Å²) < 4.78 is 6.10. The molecular weight excluding hydrogens is 344 g/mol. The van der Waals surface area contributed by atoms with Gasteiger partial charge < -0.3 is 14.7 Å². The number of nitrogens with zero attached hydrogens (tertiary/aromatic N) is 4. The molecule has 1 aliphatic heterocycles. The third-order valence-corrected chi connectivity index (χ3v) is 5.61. The number of aliphatic hydroxyl groups is 1. The number of pyridine rings is 1. The number of aromatic nitrogens is 3. The lowest BCUT2D eigenvalue weighted by atomic mass is 9.78. The molecule has 2 aromatic heterocycles. The van der Waals surface area contributed by atoms with Gasteiger partial charge in [-0.2, -0.15) is 0 Å². The van der Waals surface area contributed by atoms with Gasteiger partial charge in [0.15, 0.2) is 0 Å². The first-order valence-electron chi connectivity index (χ1n) is 9.35. The van der Waals surface area contributed by atoms with Gasteiger partial charge in [0.2, 0.25) is 0 Å². The van der Waals surface area contributed by atoms with Crippen molar-refractivity contribution in [1.29, 1.82) is 0 Å². The largest absolute Gasteiger partial charge is 0.486 e. The Morgan fingerprint density at radius 2 is 1.96 bits per heavy atom.